The van der Waals surface area contributed by atoms with E-state index in [0.29, 0.717) is 17.0 Å². The molecule has 1 atom stereocenters. The van der Waals surface area contributed by atoms with Gasteiger partial charge in [0.05, 0.1) is 6.10 Å². The summed E-state index contributed by atoms with van der Waals surface area (Å²) in [6.07, 6.45) is 1.32. The van der Waals surface area contributed by atoms with E-state index in [0.717, 1.165) is 11.4 Å². The zero-order valence-corrected chi connectivity index (χ0v) is 10.2. The smallest absolute Gasteiger partial charge is 0.207 e. The first kappa shape index (κ1) is 11.9. The molecule has 0 spiro atoms. The molecule has 3 nitrogen and oxygen atoms in total. The first-order valence-corrected chi connectivity index (χ1v) is 5.87. The van der Waals surface area contributed by atoms with Crippen LogP contribution >= 0.6 is 22.9 Å². The molecule has 0 aliphatic rings. The van der Waals surface area contributed by atoms with Crippen molar-refractivity contribution in [2.45, 2.75) is 39.9 Å². The van der Waals surface area contributed by atoms with Gasteiger partial charge in [-0.25, -0.2) is 0 Å². The first-order valence-electron chi connectivity index (χ1n) is 4.67. The number of nitrogens with zero attached hydrogens (tertiary/aromatic N) is 2. The lowest BCUT2D eigenvalue weighted by Gasteiger charge is -2.13. The highest BCUT2D eigenvalue weighted by molar-refractivity contribution is 7.15. The molecule has 14 heavy (non-hydrogen) atoms. The summed E-state index contributed by atoms with van der Waals surface area (Å²) in [5, 5.41) is 8.43. The molecule has 0 amide bonds. The van der Waals surface area contributed by atoms with Gasteiger partial charge in [-0.15, -0.1) is 10.2 Å². The van der Waals surface area contributed by atoms with Gasteiger partial charge in [0.1, 0.15) is 11.6 Å². The molecular formula is C9H15ClN2OS. The lowest BCUT2D eigenvalue weighted by molar-refractivity contribution is 0.0393. The Morgan fingerprint density at radius 3 is 2.57 bits per heavy atom. The topological polar surface area (TPSA) is 35.0 Å². The molecule has 0 saturated carbocycles. The Labute approximate surface area is 93.5 Å². The molecule has 80 valence electrons. The number of aromatic nitrogens is 2. The second-order valence-corrected chi connectivity index (χ2v) is 5.34. The normalized spacial score (nSPS) is 13.5. The van der Waals surface area contributed by atoms with Crippen LogP contribution in [0.25, 0.3) is 0 Å². The Morgan fingerprint density at radius 2 is 2.07 bits per heavy atom. The summed E-state index contributed by atoms with van der Waals surface area (Å²) in [4.78, 5) is 0. The zero-order chi connectivity index (χ0) is 10.6. The lowest BCUT2D eigenvalue weighted by atomic mass is 10.1. The maximum atomic E-state index is 5.65. The van der Waals surface area contributed by atoms with Gasteiger partial charge >= 0.3 is 0 Å². The van der Waals surface area contributed by atoms with Crippen molar-refractivity contribution < 1.29 is 4.74 Å². The Morgan fingerprint density at radius 1 is 1.36 bits per heavy atom. The zero-order valence-electron chi connectivity index (χ0n) is 8.66. The van der Waals surface area contributed by atoms with Gasteiger partial charge < -0.3 is 4.74 Å². The van der Waals surface area contributed by atoms with Crippen LogP contribution in [0.3, 0.4) is 0 Å². The lowest BCUT2D eigenvalue weighted by Crippen LogP contribution is -2.10. The average Bonchev–Trinajstić information content (AvgIpc) is 2.47. The van der Waals surface area contributed by atoms with Gasteiger partial charge in [0.2, 0.25) is 4.47 Å². The van der Waals surface area contributed by atoms with Crippen molar-refractivity contribution in [2.75, 3.05) is 0 Å². The van der Waals surface area contributed by atoms with Gasteiger partial charge in [-0.1, -0.05) is 25.2 Å². The molecule has 0 aliphatic heterocycles. The Balaban J connectivity index is 2.26. The van der Waals surface area contributed by atoms with E-state index in [4.69, 9.17) is 16.3 Å². The summed E-state index contributed by atoms with van der Waals surface area (Å²) in [5.74, 6) is 0.656. The molecule has 0 radical (unpaired) electrons. The van der Waals surface area contributed by atoms with Crippen LogP contribution in [0.1, 0.15) is 32.2 Å². The first-order chi connectivity index (χ1) is 6.58. The maximum absolute atomic E-state index is 5.65. The Bertz CT molecular complexity index is 278. The molecule has 1 heterocycles. The fraction of sp³-hybridized carbons (Fsp3) is 0.778. The predicted octanol–water partition coefficient (Wildman–Crippen LogP) is 3.14. The average molecular weight is 235 g/mol. The Kier molecular flexibility index (Phi) is 4.78. The van der Waals surface area contributed by atoms with E-state index in [1.54, 1.807) is 0 Å². The van der Waals surface area contributed by atoms with Crippen molar-refractivity contribution in [3.63, 3.8) is 0 Å². The highest BCUT2D eigenvalue weighted by Crippen LogP contribution is 2.17. The van der Waals surface area contributed by atoms with E-state index < -0.39 is 0 Å². The van der Waals surface area contributed by atoms with Gasteiger partial charge in [0, 0.05) is 0 Å². The van der Waals surface area contributed by atoms with Crippen LogP contribution in [-0.2, 0) is 11.3 Å². The van der Waals surface area contributed by atoms with E-state index in [2.05, 4.69) is 31.0 Å². The standard InChI is InChI=1S/C9H15ClN2OS/c1-6(2)4-7(3)13-5-8-11-12-9(10)14-8/h6-7H,4-5H2,1-3H3. The molecule has 1 rings (SSSR count). The fourth-order valence-electron chi connectivity index (χ4n) is 1.24. The molecule has 5 heteroatoms. The minimum absolute atomic E-state index is 0.262. The third kappa shape index (κ3) is 4.35. The van der Waals surface area contributed by atoms with Crippen LogP contribution in [-0.4, -0.2) is 16.3 Å². The second-order valence-electron chi connectivity index (χ2n) is 3.70. The maximum Gasteiger partial charge on any atom is 0.207 e. The monoisotopic (exact) mass is 234 g/mol. The van der Waals surface area contributed by atoms with Crippen molar-refractivity contribution >= 4 is 22.9 Å². The van der Waals surface area contributed by atoms with E-state index in [1.807, 2.05) is 0 Å². The fourth-order valence-corrected chi connectivity index (χ4v) is 2.03. The Hall–Kier alpha value is -0.190. The van der Waals surface area contributed by atoms with Crippen LogP contribution < -0.4 is 0 Å². The molecule has 0 N–H and O–H groups in total. The third-order valence-corrected chi connectivity index (χ3v) is 2.73. The molecule has 0 saturated heterocycles. The highest BCUT2D eigenvalue weighted by Gasteiger charge is 2.07. The molecule has 0 aliphatic carbocycles. The molecule has 0 aromatic carbocycles. The molecule has 1 aromatic rings. The number of hydrogen-bond acceptors (Lipinski definition) is 4. The number of ether oxygens (including phenoxy) is 1. The minimum Gasteiger partial charge on any atom is -0.371 e. The summed E-state index contributed by atoms with van der Waals surface area (Å²) in [7, 11) is 0. The van der Waals surface area contributed by atoms with Gasteiger partial charge in [0.15, 0.2) is 0 Å². The van der Waals surface area contributed by atoms with Crippen molar-refractivity contribution in [1.82, 2.24) is 10.2 Å². The van der Waals surface area contributed by atoms with Crippen LogP contribution in [0.5, 0.6) is 0 Å². The van der Waals surface area contributed by atoms with E-state index >= 15 is 0 Å². The highest BCUT2D eigenvalue weighted by atomic mass is 35.5. The predicted molar refractivity (Wildman–Crippen MR) is 58.6 cm³/mol. The van der Waals surface area contributed by atoms with E-state index in [1.165, 1.54) is 11.3 Å². The second kappa shape index (κ2) is 5.63. The van der Waals surface area contributed by atoms with Gasteiger partial charge in [-0.05, 0) is 30.9 Å². The van der Waals surface area contributed by atoms with Crippen molar-refractivity contribution in [3.05, 3.63) is 9.47 Å². The van der Waals surface area contributed by atoms with Crippen molar-refractivity contribution in [1.29, 1.82) is 0 Å². The quantitative estimate of drug-likeness (QED) is 0.785. The third-order valence-electron chi connectivity index (χ3n) is 1.74. The summed E-state index contributed by atoms with van der Waals surface area (Å²) < 4.78 is 6.07. The largest absolute Gasteiger partial charge is 0.371 e. The summed E-state index contributed by atoms with van der Waals surface area (Å²) in [6, 6.07) is 0. The van der Waals surface area contributed by atoms with E-state index in [9.17, 15) is 0 Å². The molecule has 1 aromatic heterocycles. The summed E-state index contributed by atoms with van der Waals surface area (Å²) in [5.41, 5.74) is 0. The molecule has 1 unspecified atom stereocenters. The van der Waals surface area contributed by atoms with E-state index in [-0.39, 0.29) is 6.10 Å². The molecular weight excluding hydrogens is 220 g/mol. The van der Waals surface area contributed by atoms with Gasteiger partial charge in [0.25, 0.3) is 0 Å². The van der Waals surface area contributed by atoms with Crippen molar-refractivity contribution in [2.24, 2.45) is 5.92 Å². The van der Waals surface area contributed by atoms with Crippen LogP contribution in [0.15, 0.2) is 0 Å². The number of halogens is 1. The minimum atomic E-state index is 0.262. The van der Waals surface area contributed by atoms with Crippen LogP contribution in [0, 0.1) is 5.92 Å². The summed E-state index contributed by atoms with van der Waals surface area (Å²) in [6.45, 7) is 6.95. The van der Waals surface area contributed by atoms with Crippen LogP contribution in [0.2, 0.25) is 4.47 Å². The molecule has 0 bridgehead atoms. The molecule has 0 fully saturated rings. The number of hydrogen-bond donors (Lipinski definition) is 0. The number of rotatable bonds is 5. The summed E-state index contributed by atoms with van der Waals surface area (Å²) >= 11 is 7.02. The van der Waals surface area contributed by atoms with Crippen LogP contribution in [0.4, 0.5) is 0 Å². The van der Waals surface area contributed by atoms with Crippen molar-refractivity contribution in [3.8, 4) is 0 Å². The van der Waals surface area contributed by atoms with Gasteiger partial charge in [-0.2, -0.15) is 0 Å². The SMILES string of the molecule is CC(C)CC(C)OCc1nnc(Cl)s1. The van der Waals surface area contributed by atoms with Gasteiger partial charge in [-0.3, -0.25) is 0 Å².